The molecule has 2 aromatic rings. The second-order valence-corrected chi connectivity index (χ2v) is 6.26. The molecule has 0 bridgehead atoms. The van der Waals surface area contributed by atoms with E-state index in [9.17, 15) is 5.11 Å². The molecule has 1 saturated heterocycles. The second kappa shape index (κ2) is 9.42. The van der Waals surface area contributed by atoms with E-state index in [2.05, 4.69) is 10.2 Å². The molecule has 1 aliphatic heterocycles. The van der Waals surface area contributed by atoms with Crippen LogP contribution >= 0.6 is 0 Å². The molecule has 0 radical (unpaired) electrons. The summed E-state index contributed by atoms with van der Waals surface area (Å²) in [6.45, 7) is 5.42. The molecule has 134 valence electrons. The lowest BCUT2D eigenvalue weighted by Gasteiger charge is -2.29. The van der Waals surface area contributed by atoms with Gasteiger partial charge >= 0.3 is 0 Å². The molecule has 0 aromatic heterocycles. The third-order valence-electron chi connectivity index (χ3n) is 4.19. The number of ether oxygens (including phenoxy) is 2. The minimum absolute atomic E-state index is 0.300. The molecule has 1 unspecified atom stereocenters. The number of rotatable bonds is 8. The fourth-order valence-corrected chi connectivity index (χ4v) is 2.81. The van der Waals surface area contributed by atoms with Gasteiger partial charge in [0.05, 0.1) is 0 Å². The molecule has 25 heavy (non-hydrogen) atoms. The minimum Gasteiger partial charge on any atom is -0.491 e. The Morgan fingerprint density at radius 2 is 1.56 bits per heavy atom. The van der Waals surface area contributed by atoms with Gasteiger partial charge in [-0.15, -0.1) is 0 Å². The number of aliphatic hydroxyl groups is 1. The Morgan fingerprint density at radius 1 is 0.920 bits per heavy atom. The Hall–Kier alpha value is -2.08. The smallest absolute Gasteiger partial charge is 0.120 e. The highest BCUT2D eigenvalue weighted by Gasteiger charge is 2.14. The van der Waals surface area contributed by atoms with Crippen molar-refractivity contribution in [1.82, 2.24) is 10.2 Å². The predicted molar refractivity (Wildman–Crippen MR) is 98.0 cm³/mol. The van der Waals surface area contributed by atoms with Crippen molar-refractivity contribution in [2.75, 3.05) is 39.3 Å². The van der Waals surface area contributed by atoms with Crippen molar-refractivity contribution in [3.63, 3.8) is 0 Å². The summed E-state index contributed by atoms with van der Waals surface area (Å²) in [4.78, 5) is 2.26. The SMILES string of the molecule is OC(COc1ccc(OCc2ccccc2)cc1)CN1CCNCC1. The van der Waals surface area contributed by atoms with Crippen LogP contribution in [0, 0.1) is 0 Å². The summed E-state index contributed by atoms with van der Waals surface area (Å²) in [5.74, 6) is 1.55. The van der Waals surface area contributed by atoms with Crippen molar-refractivity contribution in [3.8, 4) is 11.5 Å². The van der Waals surface area contributed by atoms with E-state index in [1.165, 1.54) is 0 Å². The van der Waals surface area contributed by atoms with E-state index in [-0.39, 0.29) is 0 Å². The maximum atomic E-state index is 10.1. The number of piperazine rings is 1. The van der Waals surface area contributed by atoms with Crippen molar-refractivity contribution in [1.29, 1.82) is 0 Å². The van der Waals surface area contributed by atoms with Gasteiger partial charge in [-0.05, 0) is 29.8 Å². The molecule has 5 heteroatoms. The van der Waals surface area contributed by atoms with Gasteiger partial charge in [-0.1, -0.05) is 30.3 Å². The van der Waals surface area contributed by atoms with Gasteiger partial charge in [-0.3, -0.25) is 4.90 Å². The van der Waals surface area contributed by atoms with Gasteiger partial charge in [-0.2, -0.15) is 0 Å². The summed E-state index contributed by atoms with van der Waals surface area (Å²) in [6.07, 6.45) is -0.480. The molecule has 5 nitrogen and oxygen atoms in total. The number of aliphatic hydroxyl groups excluding tert-OH is 1. The maximum absolute atomic E-state index is 10.1. The monoisotopic (exact) mass is 342 g/mol. The van der Waals surface area contributed by atoms with E-state index in [0.29, 0.717) is 19.8 Å². The van der Waals surface area contributed by atoms with E-state index < -0.39 is 6.10 Å². The van der Waals surface area contributed by atoms with Gasteiger partial charge in [0.1, 0.15) is 30.8 Å². The van der Waals surface area contributed by atoms with Crippen LogP contribution in [0.15, 0.2) is 54.6 Å². The Kier molecular flexibility index (Phi) is 6.68. The van der Waals surface area contributed by atoms with Gasteiger partial charge in [0.15, 0.2) is 0 Å². The first-order valence-corrected chi connectivity index (χ1v) is 8.80. The second-order valence-electron chi connectivity index (χ2n) is 6.26. The lowest BCUT2D eigenvalue weighted by Crippen LogP contribution is -2.47. The van der Waals surface area contributed by atoms with Gasteiger partial charge in [0, 0.05) is 32.7 Å². The Bertz CT molecular complexity index is 613. The third kappa shape index (κ3) is 6.05. The van der Waals surface area contributed by atoms with Crippen LogP contribution < -0.4 is 14.8 Å². The van der Waals surface area contributed by atoms with Gasteiger partial charge in [-0.25, -0.2) is 0 Å². The highest BCUT2D eigenvalue weighted by Crippen LogP contribution is 2.19. The van der Waals surface area contributed by atoms with Crippen molar-refractivity contribution >= 4 is 0 Å². The quantitative estimate of drug-likeness (QED) is 0.768. The zero-order valence-electron chi connectivity index (χ0n) is 14.4. The number of hydrogen-bond donors (Lipinski definition) is 2. The summed E-state index contributed by atoms with van der Waals surface area (Å²) >= 11 is 0. The van der Waals surface area contributed by atoms with Crippen LogP contribution in [0.25, 0.3) is 0 Å². The van der Waals surface area contributed by atoms with Crippen molar-refractivity contribution in [2.24, 2.45) is 0 Å². The zero-order chi connectivity index (χ0) is 17.3. The molecule has 2 N–H and O–H groups in total. The van der Waals surface area contributed by atoms with E-state index in [4.69, 9.17) is 9.47 Å². The molecule has 2 aromatic carbocycles. The molecule has 0 saturated carbocycles. The van der Waals surface area contributed by atoms with E-state index in [1.807, 2.05) is 54.6 Å². The number of nitrogens with one attached hydrogen (secondary N) is 1. The number of nitrogens with zero attached hydrogens (tertiary/aromatic N) is 1. The fourth-order valence-electron chi connectivity index (χ4n) is 2.81. The highest BCUT2D eigenvalue weighted by molar-refractivity contribution is 5.31. The summed E-state index contributed by atoms with van der Waals surface area (Å²) in [5, 5.41) is 13.4. The lowest BCUT2D eigenvalue weighted by atomic mass is 10.2. The largest absolute Gasteiger partial charge is 0.491 e. The van der Waals surface area contributed by atoms with Crippen LogP contribution in [0.4, 0.5) is 0 Å². The fraction of sp³-hybridized carbons (Fsp3) is 0.400. The first-order valence-electron chi connectivity index (χ1n) is 8.80. The standard InChI is InChI=1S/C20H26N2O3/c23-18(14-22-12-10-21-11-13-22)16-25-20-8-6-19(7-9-20)24-15-17-4-2-1-3-5-17/h1-9,18,21,23H,10-16H2. The zero-order valence-corrected chi connectivity index (χ0v) is 14.4. The maximum Gasteiger partial charge on any atom is 0.120 e. The summed E-state index contributed by atoms with van der Waals surface area (Å²) < 4.78 is 11.4. The van der Waals surface area contributed by atoms with Crippen LogP contribution in [-0.4, -0.2) is 55.4 Å². The topological polar surface area (TPSA) is 54.0 Å². The van der Waals surface area contributed by atoms with Crippen LogP contribution in [0.3, 0.4) is 0 Å². The first kappa shape index (κ1) is 17.7. The van der Waals surface area contributed by atoms with Gasteiger partial charge in [0.2, 0.25) is 0 Å². The molecular formula is C20H26N2O3. The molecule has 3 rings (SSSR count). The molecule has 1 heterocycles. The van der Waals surface area contributed by atoms with Crippen LogP contribution in [0.2, 0.25) is 0 Å². The van der Waals surface area contributed by atoms with Crippen molar-refractivity contribution < 1.29 is 14.6 Å². The average molecular weight is 342 g/mol. The van der Waals surface area contributed by atoms with Crippen LogP contribution in [0.5, 0.6) is 11.5 Å². The molecule has 0 spiro atoms. The molecule has 1 fully saturated rings. The van der Waals surface area contributed by atoms with Crippen LogP contribution in [0.1, 0.15) is 5.56 Å². The first-order chi connectivity index (χ1) is 12.3. The third-order valence-corrected chi connectivity index (χ3v) is 4.19. The van der Waals surface area contributed by atoms with Gasteiger partial charge in [0.25, 0.3) is 0 Å². The molecule has 1 aliphatic rings. The Balaban J connectivity index is 1.39. The highest BCUT2D eigenvalue weighted by atomic mass is 16.5. The minimum atomic E-state index is -0.480. The normalized spacial score (nSPS) is 16.4. The number of benzene rings is 2. The summed E-state index contributed by atoms with van der Waals surface area (Å²) in [6, 6.07) is 17.6. The average Bonchev–Trinajstić information content (AvgIpc) is 2.67. The van der Waals surface area contributed by atoms with E-state index >= 15 is 0 Å². The molecule has 0 aliphatic carbocycles. The van der Waals surface area contributed by atoms with Crippen molar-refractivity contribution in [3.05, 3.63) is 60.2 Å². The Morgan fingerprint density at radius 3 is 2.24 bits per heavy atom. The van der Waals surface area contributed by atoms with Gasteiger partial charge < -0.3 is 19.9 Å². The lowest BCUT2D eigenvalue weighted by molar-refractivity contribution is 0.0641. The predicted octanol–water partition coefficient (Wildman–Crippen LogP) is 1.91. The van der Waals surface area contributed by atoms with Crippen LogP contribution in [-0.2, 0) is 6.61 Å². The van der Waals surface area contributed by atoms with E-state index in [0.717, 1.165) is 43.2 Å². The molecule has 1 atom stereocenters. The molecular weight excluding hydrogens is 316 g/mol. The number of β-amino-alcohol motifs (C(OH)–C–C–N with tert-alkyl or cyclic N) is 1. The molecule has 0 amide bonds. The Labute approximate surface area is 149 Å². The van der Waals surface area contributed by atoms with Crippen molar-refractivity contribution in [2.45, 2.75) is 12.7 Å². The summed E-state index contributed by atoms with van der Waals surface area (Å²) in [7, 11) is 0. The van der Waals surface area contributed by atoms with E-state index in [1.54, 1.807) is 0 Å². The summed E-state index contributed by atoms with van der Waals surface area (Å²) in [5.41, 5.74) is 1.14. The number of hydrogen-bond acceptors (Lipinski definition) is 5.